The van der Waals surface area contributed by atoms with Crippen molar-refractivity contribution >= 4 is 17.6 Å². The van der Waals surface area contributed by atoms with E-state index >= 15 is 0 Å². The minimum absolute atomic E-state index is 0.0234. The average Bonchev–Trinajstić information content (AvgIpc) is 3.08. The first-order chi connectivity index (χ1) is 12.3. The summed E-state index contributed by atoms with van der Waals surface area (Å²) in [7, 11) is 0. The molecule has 1 aromatic heterocycles. The highest BCUT2D eigenvalue weighted by Crippen LogP contribution is 2.21. The van der Waals surface area contributed by atoms with E-state index in [1.54, 1.807) is 6.26 Å². The van der Waals surface area contributed by atoms with E-state index in [4.69, 9.17) is 4.42 Å². The van der Waals surface area contributed by atoms with E-state index in [0.717, 1.165) is 41.0 Å². The number of benzene rings is 1. The SMILES string of the molecule is Cc1cc(C)c(NC(=O)CNC(=O)NC(C)CCc2ccco2)c(C)c1. The van der Waals surface area contributed by atoms with Crippen LogP contribution < -0.4 is 16.0 Å². The zero-order valence-corrected chi connectivity index (χ0v) is 15.8. The van der Waals surface area contributed by atoms with E-state index in [1.165, 1.54) is 0 Å². The fraction of sp³-hybridized carbons (Fsp3) is 0.400. The quantitative estimate of drug-likeness (QED) is 0.709. The van der Waals surface area contributed by atoms with Gasteiger partial charge in [-0.3, -0.25) is 4.79 Å². The summed E-state index contributed by atoms with van der Waals surface area (Å²) in [6, 6.07) is 7.41. The normalized spacial score (nSPS) is 11.7. The van der Waals surface area contributed by atoms with Gasteiger partial charge in [0.2, 0.25) is 5.91 Å². The fourth-order valence-electron chi connectivity index (χ4n) is 2.88. The van der Waals surface area contributed by atoms with Crippen molar-refractivity contribution < 1.29 is 14.0 Å². The van der Waals surface area contributed by atoms with Crippen LogP contribution in [-0.2, 0) is 11.2 Å². The molecule has 0 saturated carbocycles. The van der Waals surface area contributed by atoms with Gasteiger partial charge in [-0.25, -0.2) is 4.79 Å². The van der Waals surface area contributed by atoms with Gasteiger partial charge in [0, 0.05) is 18.2 Å². The van der Waals surface area contributed by atoms with Crippen LogP contribution in [0.2, 0.25) is 0 Å². The molecule has 0 aliphatic rings. The highest BCUT2D eigenvalue weighted by Gasteiger charge is 2.11. The molecule has 1 heterocycles. The molecular weight excluding hydrogens is 330 g/mol. The lowest BCUT2D eigenvalue weighted by Gasteiger charge is -2.15. The van der Waals surface area contributed by atoms with Crippen molar-refractivity contribution in [3.05, 3.63) is 53.0 Å². The van der Waals surface area contributed by atoms with Crippen LogP contribution in [-0.4, -0.2) is 24.5 Å². The first-order valence-electron chi connectivity index (χ1n) is 8.79. The molecule has 6 heteroatoms. The van der Waals surface area contributed by atoms with Crippen molar-refractivity contribution in [2.45, 2.75) is 46.6 Å². The molecule has 1 aromatic carbocycles. The van der Waals surface area contributed by atoms with Gasteiger partial charge in [-0.15, -0.1) is 0 Å². The van der Waals surface area contributed by atoms with E-state index in [0.29, 0.717) is 0 Å². The molecule has 0 spiro atoms. The van der Waals surface area contributed by atoms with Crippen LogP contribution in [0, 0.1) is 20.8 Å². The summed E-state index contributed by atoms with van der Waals surface area (Å²) >= 11 is 0. The van der Waals surface area contributed by atoms with Gasteiger partial charge in [0.1, 0.15) is 5.76 Å². The van der Waals surface area contributed by atoms with E-state index in [2.05, 4.69) is 16.0 Å². The summed E-state index contributed by atoms with van der Waals surface area (Å²) in [6.45, 7) is 7.77. The molecule has 0 aliphatic heterocycles. The second-order valence-corrected chi connectivity index (χ2v) is 6.67. The summed E-state index contributed by atoms with van der Waals surface area (Å²) in [4.78, 5) is 24.0. The Bertz CT molecular complexity index is 731. The molecule has 6 nitrogen and oxygen atoms in total. The predicted octanol–water partition coefficient (Wildman–Crippen LogP) is 3.46. The average molecular weight is 357 g/mol. The Morgan fingerprint density at radius 2 is 1.85 bits per heavy atom. The van der Waals surface area contributed by atoms with Gasteiger partial charge in [-0.1, -0.05) is 17.7 Å². The molecular formula is C20H27N3O3. The van der Waals surface area contributed by atoms with Gasteiger partial charge in [0.05, 0.1) is 12.8 Å². The van der Waals surface area contributed by atoms with E-state index in [1.807, 2.05) is 52.0 Å². The monoisotopic (exact) mass is 357 g/mol. The summed E-state index contributed by atoms with van der Waals surface area (Å²) in [5.41, 5.74) is 3.97. The maximum Gasteiger partial charge on any atom is 0.315 e. The number of anilines is 1. The molecule has 3 amide bonds. The van der Waals surface area contributed by atoms with Crippen molar-refractivity contribution in [1.29, 1.82) is 0 Å². The summed E-state index contributed by atoms with van der Waals surface area (Å²) in [5.74, 6) is 0.640. The number of amides is 3. The topological polar surface area (TPSA) is 83.4 Å². The first kappa shape index (κ1) is 19.6. The molecule has 2 aromatic rings. The molecule has 0 aliphatic carbocycles. The minimum Gasteiger partial charge on any atom is -0.469 e. The number of furan rings is 1. The predicted molar refractivity (Wildman–Crippen MR) is 102 cm³/mol. The standard InChI is InChI=1S/C20H27N3O3/c1-13-10-14(2)19(15(3)11-13)23-18(24)12-21-20(25)22-16(4)7-8-17-6-5-9-26-17/h5-6,9-11,16H,7-8,12H2,1-4H3,(H,23,24)(H2,21,22,25). The molecule has 26 heavy (non-hydrogen) atoms. The van der Waals surface area contributed by atoms with Crippen molar-refractivity contribution in [2.24, 2.45) is 0 Å². The zero-order valence-electron chi connectivity index (χ0n) is 15.8. The van der Waals surface area contributed by atoms with Crippen LogP contribution in [0.4, 0.5) is 10.5 Å². The Balaban J connectivity index is 1.73. The maximum absolute atomic E-state index is 12.1. The van der Waals surface area contributed by atoms with Crippen molar-refractivity contribution in [1.82, 2.24) is 10.6 Å². The van der Waals surface area contributed by atoms with Gasteiger partial charge >= 0.3 is 6.03 Å². The van der Waals surface area contributed by atoms with Crippen LogP contribution in [0.3, 0.4) is 0 Å². The first-order valence-corrected chi connectivity index (χ1v) is 8.79. The van der Waals surface area contributed by atoms with Crippen molar-refractivity contribution in [2.75, 3.05) is 11.9 Å². The Hall–Kier alpha value is -2.76. The fourth-order valence-corrected chi connectivity index (χ4v) is 2.88. The molecule has 0 radical (unpaired) electrons. The largest absolute Gasteiger partial charge is 0.469 e. The van der Waals surface area contributed by atoms with Crippen molar-refractivity contribution in [3.63, 3.8) is 0 Å². The molecule has 3 N–H and O–H groups in total. The molecule has 0 bridgehead atoms. The Morgan fingerprint density at radius 1 is 1.15 bits per heavy atom. The van der Waals surface area contributed by atoms with Gasteiger partial charge in [-0.05, 0) is 57.4 Å². The number of carbonyl (C=O) groups is 2. The molecule has 0 fully saturated rings. The number of urea groups is 1. The Labute approximate surface area is 154 Å². The van der Waals surface area contributed by atoms with Crippen molar-refractivity contribution in [3.8, 4) is 0 Å². The molecule has 1 atom stereocenters. The number of carbonyl (C=O) groups excluding carboxylic acids is 2. The van der Waals surface area contributed by atoms with Gasteiger partial charge in [0.15, 0.2) is 0 Å². The highest BCUT2D eigenvalue weighted by atomic mass is 16.3. The zero-order chi connectivity index (χ0) is 19.1. The summed E-state index contributed by atoms with van der Waals surface area (Å²) < 4.78 is 5.27. The number of nitrogens with one attached hydrogen (secondary N) is 3. The second kappa shape index (κ2) is 9.08. The van der Waals surface area contributed by atoms with Crippen LogP contribution in [0.15, 0.2) is 34.9 Å². The third kappa shape index (κ3) is 5.95. The Kier molecular flexibility index (Phi) is 6.83. The maximum atomic E-state index is 12.1. The number of hydrogen-bond donors (Lipinski definition) is 3. The van der Waals surface area contributed by atoms with E-state index in [9.17, 15) is 9.59 Å². The smallest absolute Gasteiger partial charge is 0.315 e. The molecule has 0 saturated heterocycles. The molecule has 2 rings (SSSR count). The van der Waals surface area contributed by atoms with E-state index in [-0.39, 0.29) is 24.5 Å². The number of rotatable bonds is 7. The second-order valence-electron chi connectivity index (χ2n) is 6.67. The lowest BCUT2D eigenvalue weighted by molar-refractivity contribution is -0.115. The van der Waals surface area contributed by atoms with Gasteiger partial charge in [0.25, 0.3) is 0 Å². The number of hydrogen-bond acceptors (Lipinski definition) is 3. The lowest BCUT2D eigenvalue weighted by Crippen LogP contribution is -2.43. The van der Waals surface area contributed by atoms with Crippen LogP contribution in [0.25, 0.3) is 0 Å². The minimum atomic E-state index is -0.357. The summed E-state index contributed by atoms with van der Waals surface area (Å²) in [5, 5.41) is 8.28. The van der Waals surface area contributed by atoms with Gasteiger partial charge in [-0.2, -0.15) is 0 Å². The van der Waals surface area contributed by atoms with Crippen LogP contribution in [0.5, 0.6) is 0 Å². The highest BCUT2D eigenvalue weighted by molar-refractivity contribution is 5.95. The molecule has 1 unspecified atom stereocenters. The summed E-state index contributed by atoms with van der Waals surface area (Å²) in [6.07, 6.45) is 3.14. The lowest BCUT2D eigenvalue weighted by atomic mass is 10.1. The molecule has 140 valence electrons. The van der Waals surface area contributed by atoms with Crippen LogP contribution in [0.1, 0.15) is 35.8 Å². The van der Waals surface area contributed by atoms with Crippen LogP contribution >= 0.6 is 0 Å². The Morgan fingerprint density at radius 3 is 2.46 bits per heavy atom. The number of aryl methyl sites for hydroxylation is 4. The third-order valence-corrected chi connectivity index (χ3v) is 4.13. The third-order valence-electron chi connectivity index (χ3n) is 4.13. The van der Waals surface area contributed by atoms with Gasteiger partial charge < -0.3 is 20.4 Å². The van der Waals surface area contributed by atoms with E-state index < -0.39 is 0 Å².